The molecular formula is C19H35NO6SSi2. The third kappa shape index (κ3) is 5.96. The number of nitrogens with zero attached hydrogens (tertiary/aromatic N) is 1. The Labute approximate surface area is 181 Å². The maximum absolute atomic E-state index is 13.1. The van der Waals surface area contributed by atoms with E-state index in [0.717, 1.165) is 4.90 Å². The zero-order valence-corrected chi connectivity index (χ0v) is 21.7. The Kier molecular flexibility index (Phi) is 8.37. The molecule has 29 heavy (non-hydrogen) atoms. The van der Waals surface area contributed by atoms with Crippen molar-refractivity contribution in [3.8, 4) is 0 Å². The number of hydrogen-bond acceptors (Lipinski definition) is 7. The largest absolute Gasteiger partial charge is 0.467 e. The van der Waals surface area contributed by atoms with Crippen molar-refractivity contribution in [1.82, 2.24) is 4.90 Å². The van der Waals surface area contributed by atoms with Crippen LogP contribution < -0.4 is 0 Å². The van der Waals surface area contributed by atoms with E-state index in [4.69, 9.17) is 13.9 Å². The van der Waals surface area contributed by atoms with Gasteiger partial charge < -0.3 is 13.9 Å². The Morgan fingerprint density at radius 2 is 1.79 bits per heavy atom. The molecule has 0 aromatic carbocycles. The molecule has 0 aromatic rings. The number of likely N-dealkylation sites (tertiary alicyclic amines) is 1. The number of β-lactam (4-membered cyclic amide) rings is 1. The summed E-state index contributed by atoms with van der Waals surface area (Å²) in [5.74, 6) is -1.02. The van der Waals surface area contributed by atoms with Crippen LogP contribution >= 0.6 is 12.6 Å². The molecule has 0 aromatic heterocycles. The first-order valence-electron chi connectivity index (χ1n) is 9.74. The van der Waals surface area contributed by atoms with Crippen LogP contribution in [0.1, 0.15) is 20.3 Å². The fraction of sp³-hybridized carbons (Fsp3) is 0.737. The first-order valence-corrected chi connectivity index (χ1v) is 17.2. The van der Waals surface area contributed by atoms with E-state index < -0.39 is 51.3 Å². The summed E-state index contributed by atoms with van der Waals surface area (Å²) >= 11 is 4.51. The van der Waals surface area contributed by atoms with Gasteiger partial charge in [0, 0.05) is 0 Å². The van der Waals surface area contributed by atoms with E-state index in [1.165, 1.54) is 6.08 Å². The summed E-state index contributed by atoms with van der Waals surface area (Å²) in [4.78, 5) is 39.0. The molecule has 1 heterocycles. The summed E-state index contributed by atoms with van der Waals surface area (Å²) < 4.78 is 16.8. The minimum absolute atomic E-state index is 0.0210. The maximum Gasteiger partial charge on any atom is 0.417 e. The quantitative estimate of drug-likeness (QED) is 0.185. The highest BCUT2D eigenvalue weighted by molar-refractivity contribution is 7.81. The second-order valence-electron chi connectivity index (χ2n) is 9.50. The fourth-order valence-corrected chi connectivity index (χ4v) is 5.34. The molecule has 0 aliphatic carbocycles. The van der Waals surface area contributed by atoms with Gasteiger partial charge in [0.25, 0.3) is 0 Å². The minimum Gasteiger partial charge on any atom is -0.467 e. The van der Waals surface area contributed by atoms with Gasteiger partial charge in [-0.2, -0.15) is 12.6 Å². The number of hydrogen-bond donors (Lipinski definition) is 1. The molecular weight excluding hydrogens is 426 g/mol. The van der Waals surface area contributed by atoms with E-state index in [0.29, 0.717) is 0 Å². The summed E-state index contributed by atoms with van der Waals surface area (Å²) in [5.41, 5.74) is -1.49. The molecule has 0 radical (unpaired) electrons. The molecule has 0 bridgehead atoms. The van der Waals surface area contributed by atoms with E-state index in [2.05, 4.69) is 38.8 Å². The normalized spacial score (nSPS) is 24.4. The van der Waals surface area contributed by atoms with Crippen LogP contribution in [0.15, 0.2) is 12.7 Å². The molecule has 0 N–H and O–H groups in total. The van der Waals surface area contributed by atoms with Gasteiger partial charge in [0.15, 0.2) is 8.32 Å². The Bertz CT molecular complexity index is 660. The number of esters is 1. The average Bonchev–Trinajstić information content (AvgIpc) is 2.55. The van der Waals surface area contributed by atoms with Gasteiger partial charge in [-0.05, 0) is 33.5 Å². The number of carbonyl (C=O) groups excluding carboxylic acids is 3. The summed E-state index contributed by atoms with van der Waals surface area (Å²) in [6.45, 7) is 19.4. The molecule has 1 fully saturated rings. The number of amides is 2. The second kappa shape index (κ2) is 9.36. The number of ether oxygens (including phenoxy) is 2. The lowest BCUT2D eigenvalue weighted by molar-refractivity contribution is -0.178. The lowest BCUT2D eigenvalue weighted by Gasteiger charge is -2.54. The van der Waals surface area contributed by atoms with Crippen LogP contribution in [0.5, 0.6) is 0 Å². The van der Waals surface area contributed by atoms with Crippen molar-refractivity contribution in [2.75, 3.05) is 6.61 Å². The zero-order valence-electron chi connectivity index (χ0n) is 18.8. The first-order chi connectivity index (χ1) is 13.1. The van der Waals surface area contributed by atoms with E-state index in [9.17, 15) is 14.4 Å². The molecule has 1 aliphatic rings. The third-order valence-corrected chi connectivity index (χ3v) is 9.37. The summed E-state index contributed by atoms with van der Waals surface area (Å²) in [6.07, 6.45) is -0.210. The van der Waals surface area contributed by atoms with Gasteiger partial charge >= 0.3 is 12.1 Å². The van der Waals surface area contributed by atoms with Crippen LogP contribution in [-0.4, -0.2) is 63.1 Å². The Morgan fingerprint density at radius 3 is 2.21 bits per heavy atom. The van der Waals surface area contributed by atoms with Gasteiger partial charge in [-0.3, -0.25) is 9.59 Å². The van der Waals surface area contributed by atoms with E-state index in [-0.39, 0.29) is 18.8 Å². The topological polar surface area (TPSA) is 82.1 Å². The number of carbonyl (C=O) groups is 3. The molecule has 1 aliphatic heterocycles. The van der Waals surface area contributed by atoms with Crippen molar-refractivity contribution in [3.05, 3.63) is 12.7 Å². The molecule has 0 spiro atoms. The number of thiol groups is 1. The highest BCUT2D eigenvalue weighted by Crippen LogP contribution is 2.49. The maximum atomic E-state index is 13.1. The van der Waals surface area contributed by atoms with Gasteiger partial charge in [-0.25, -0.2) is 9.69 Å². The lowest BCUT2D eigenvalue weighted by Crippen LogP contribution is -2.73. The zero-order chi connectivity index (χ0) is 22.8. The number of rotatable bonds is 9. The van der Waals surface area contributed by atoms with Crippen LogP contribution in [0.2, 0.25) is 39.3 Å². The van der Waals surface area contributed by atoms with E-state index in [1.54, 1.807) is 6.92 Å². The number of imide groups is 1. The van der Waals surface area contributed by atoms with Crippen molar-refractivity contribution >= 4 is 47.0 Å². The van der Waals surface area contributed by atoms with Crippen molar-refractivity contribution in [1.29, 1.82) is 0 Å². The molecule has 4 atom stereocenters. The molecule has 2 amide bonds. The molecule has 10 heteroatoms. The molecule has 1 saturated heterocycles. The van der Waals surface area contributed by atoms with Crippen LogP contribution in [0.4, 0.5) is 4.79 Å². The third-order valence-electron chi connectivity index (χ3n) is 5.06. The molecule has 1 rings (SSSR count). The van der Waals surface area contributed by atoms with Crippen molar-refractivity contribution in [2.24, 2.45) is 5.41 Å². The van der Waals surface area contributed by atoms with Crippen molar-refractivity contribution in [3.63, 3.8) is 0 Å². The van der Waals surface area contributed by atoms with Crippen LogP contribution in [0, 0.1) is 5.41 Å². The van der Waals surface area contributed by atoms with Crippen LogP contribution in [0.25, 0.3) is 0 Å². The summed E-state index contributed by atoms with van der Waals surface area (Å²) in [7, 11) is -3.74. The predicted molar refractivity (Wildman–Crippen MR) is 121 cm³/mol. The summed E-state index contributed by atoms with van der Waals surface area (Å²) in [5, 5.41) is -0.853. The highest BCUT2D eigenvalue weighted by atomic mass is 32.1. The van der Waals surface area contributed by atoms with Crippen molar-refractivity contribution < 1.29 is 28.3 Å². The Morgan fingerprint density at radius 1 is 1.24 bits per heavy atom. The predicted octanol–water partition coefficient (Wildman–Crippen LogP) is 3.83. The van der Waals surface area contributed by atoms with Crippen molar-refractivity contribution in [2.45, 2.75) is 76.8 Å². The van der Waals surface area contributed by atoms with Gasteiger partial charge in [-0.1, -0.05) is 32.3 Å². The lowest BCUT2D eigenvalue weighted by atomic mass is 9.71. The van der Waals surface area contributed by atoms with Gasteiger partial charge in [0.2, 0.25) is 5.91 Å². The molecule has 166 valence electrons. The minimum atomic E-state index is -2.03. The Hall–Kier alpha value is -1.11. The van der Waals surface area contributed by atoms with Gasteiger partial charge in [0.05, 0.1) is 26.3 Å². The van der Waals surface area contributed by atoms with Crippen LogP contribution in [0.3, 0.4) is 0 Å². The average molecular weight is 462 g/mol. The molecule has 0 saturated carbocycles. The van der Waals surface area contributed by atoms with E-state index in [1.807, 2.05) is 26.6 Å². The highest BCUT2D eigenvalue weighted by Gasteiger charge is 2.66. The SMILES string of the molecule is C=CCOC(=O)N1C(=O)[C@](CC(=O)OC(C)[Si](C)(C)C)(C(C)O[Si](C)(C)C)[C@H]1S. The van der Waals surface area contributed by atoms with Gasteiger partial charge in [-0.15, -0.1) is 0 Å². The molecule has 7 nitrogen and oxygen atoms in total. The Balaban J connectivity index is 3.13. The molecule has 2 unspecified atom stereocenters. The second-order valence-corrected chi connectivity index (χ2v) is 20.0. The van der Waals surface area contributed by atoms with Gasteiger partial charge in [0.1, 0.15) is 17.4 Å². The first kappa shape index (κ1) is 25.9. The van der Waals surface area contributed by atoms with Crippen LogP contribution in [-0.2, 0) is 23.5 Å². The summed E-state index contributed by atoms with van der Waals surface area (Å²) in [6, 6.07) is 0. The van der Waals surface area contributed by atoms with E-state index >= 15 is 0 Å². The standard InChI is InChI=1S/C19H35NO6SSi2/c1-10-11-24-18(23)20-16(22)19(17(20)27,13(2)26-29(7,8)9)12-15(21)25-14(3)28(4,5)6/h10,13-14,17,27H,1,11-12H2,2-9H3/t13?,14?,17-,19+/m1/s1. The monoisotopic (exact) mass is 461 g/mol. The smallest absolute Gasteiger partial charge is 0.417 e. The fourth-order valence-electron chi connectivity index (χ4n) is 2.98.